The molecular weight excluding hydrogens is 396 g/mol. The average molecular weight is 421 g/mol. The number of amides is 2. The number of anilines is 2. The van der Waals surface area contributed by atoms with Gasteiger partial charge in [-0.15, -0.1) is 11.3 Å². The molecule has 1 unspecified atom stereocenters. The van der Waals surface area contributed by atoms with Gasteiger partial charge < -0.3 is 15.5 Å². The van der Waals surface area contributed by atoms with Gasteiger partial charge in [0.05, 0.1) is 10.7 Å². The van der Waals surface area contributed by atoms with Crippen molar-refractivity contribution in [1.29, 1.82) is 0 Å². The molecule has 2 N–H and O–H groups in total. The lowest BCUT2D eigenvalue weighted by Gasteiger charge is -2.34. The minimum absolute atomic E-state index is 0.0774. The highest BCUT2D eigenvalue weighted by Crippen LogP contribution is 2.28. The molecule has 0 aliphatic carbocycles. The number of likely N-dealkylation sites (tertiary alicyclic amines) is 1. The number of para-hydroxylation sites is 1. The van der Waals surface area contributed by atoms with Crippen LogP contribution in [0.25, 0.3) is 0 Å². The number of piperidine rings is 1. The molecular formula is C20H25ClN4O2S. The van der Waals surface area contributed by atoms with Crippen LogP contribution < -0.4 is 10.6 Å². The van der Waals surface area contributed by atoms with E-state index in [-0.39, 0.29) is 11.8 Å². The van der Waals surface area contributed by atoms with Gasteiger partial charge in [0, 0.05) is 18.5 Å². The van der Waals surface area contributed by atoms with Gasteiger partial charge in [-0.2, -0.15) is 0 Å². The van der Waals surface area contributed by atoms with Crippen LogP contribution in [-0.2, 0) is 4.79 Å². The van der Waals surface area contributed by atoms with Gasteiger partial charge >= 0.3 is 0 Å². The van der Waals surface area contributed by atoms with E-state index in [1.165, 1.54) is 11.3 Å². The van der Waals surface area contributed by atoms with E-state index in [1.807, 2.05) is 32.0 Å². The van der Waals surface area contributed by atoms with Gasteiger partial charge in [-0.05, 0) is 37.3 Å². The van der Waals surface area contributed by atoms with Gasteiger partial charge in [-0.25, -0.2) is 4.98 Å². The maximum Gasteiger partial charge on any atom is 0.274 e. The second kappa shape index (κ2) is 9.39. The van der Waals surface area contributed by atoms with Crippen LogP contribution in [0.15, 0.2) is 29.6 Å². The van der Waals surface area contributed by atoms with Crippen molar-refractivity contribution in [3.8, 4) is 0 Å². The molecule has 2 heterocycles. The first kappa shape index (κ1) is 20.6. The molecule has 0 spiro atoms. The van der Waals surface area contributed by atoms with E-state index < -0.39 is 6.04 Å². The number of nitrogens with one attached hydrogen (secondary N) is 2. The maximum absolute atomic E-state index is 13.0. The fourth-order valence-electron chi connectivity index (χ4n) is 3.12. The lowest BCUT2D eigenvalue weighted by atomic mass is 10.0. The second-order valence-corrected chi connectivity index (χ2v) is 8.56. The van der Waals surface area contributed by atoms with Gasteiger partial charge in [-0.1, -0.05) is 37.6 Å². The quantitative estimate of drug-likeness (QED) is 0.730. The van der Waals surface area contributed by atoms with E-state index in [4.69, 9.17) is 11.6 Å². The molecule has 0 radical (unpaired) electrons. The molecule has 1 atom stereocenters. The normalized spacial score (nSPS) is 16.9. The van der Waals surface area contributed by atoms with E-state index in [2.05, 4.69) is 15.6 Å². The Hall–Kier alpha value is -2.12. The number of aromatic nitrogens is 1. The van der Waals surface area contributed by atoms with Crippen molar-refractivity contribution < 1.29 is 9.59 Å². The van der Waals surface area contributed by atoms with Crippen molar-refractivity contribution in [2.24, 2.45) is 5.92 Å². The Bertz CT molecular complexity index is 839. The number of hydrogen-bond donors (Lipinski definition) is 2. The number of nitrogens with zero attached hydrogens (tertiary/aromatic N) is 2. The highest BCUT2D eigenvalue weighted by atomic mass is 35.5. The predicted molar refractivity (Wildman–Crippen MR) is 113 cm³/mol. The lowest BCUT2D eigenvalue weighted by Crippen LogP contribution is -2.52. The van der Waals surface area contributed by atoms with Gasteiger partial charge in [0.25, 0.3) is 5.91 Å². The van der Waals surface area contributed by atoms with Crippen molar-refractivity contribution in [2.45, 2.75) is 39.2 Å². The van der Waals surface area contributed by atoms with Crippen molar-refractivity contribution in [3.05, 3.63) is 40.4 Å². The fourth-order valence-corrected chi connectivity index (χ4v) is 4.00. The summed E-state index contributed by atoms with van der Waals surface area (Å²) in [6, 6.07) is 6.94. The van der Waals surface area contributed by atoms with E-state index in [0.717, 1.165) is 18.5 Å². The minimum atomic E-state index is -0.429. The Morgan fingerprint density at radius 1 is 1.32 bits per heavy atom. The van der Waals surface area contributed by atoms with E-state index in [1.54, 1.807) is 16.3 Å². The van der Waals surface area contributed by atoms with Crippen molar-refractivity contribution in [3.63, 3.8) is 0 Å². The summed E-state index contributed by atoms with van der Waals surface area (Å²) < 4.78 is 0. The minimum Gasteiger partial charge on any atom is -0.354 e. The van der Waals surface area contributed by atoms with Crippen LogP contribution in [-0.4, -0.2) is 40.8 Å². The summed E-state index contributed by atoms with van der Waals surface area (Å²) in [7, 11) is 0. The van der Waals surface area contributed by atoms with Crippen LogP contribution in [0.1, 0.15) is 43.6 Å². The second-order valence-electron chi connectivity index (χ2n) is 7.29. The summed E-state index contributed by atoms with van der Waals surface area (Å²) in [5.74, 6) is 0.0907. The molecule has 1 aromatic heterocycles. The van der Waals surface area contributed by atoms with Crippen molar-refractivity contribution in [1.82, 2.24) is 15.2 Å². The van der Waals surface area contributed by atoms with E-state index in [0.29, 0.717) is 41.3 Å². The first-order valence-corrected chi connectivity index (χ1v) is 10.8. The fraction of sp³-hybridized carbons (Fsp3) is 0.450. The largest absolute Gasteiger partial charge is 0.354 e. The molecule has 1 aliphatic rings. The molecule has 28 heavy (non-hydrogen) atoms. The average Bonchev–Trinajstić information content (AvgIpc) is 3.16. The summed E-state index contributed by atoms with van der Waals surface area (Å²) in [6.45, 7) is 5.28. The number of carbonyl (C=O) groups excluding carboxylic acids is 2. The zero-order valence-electron chi connectivity index (χ0n) is 16.1. The standard InChI is InChI=1S/C20H25ClN4O2S/c1-13(2)11-22-18(26)17-9-5-6-10-25(17)19(27)16-12-28-20(24-16)23-15-8-4-3-7-14(15)21/h3-4,7-8,12-13,17H,5-6,9-11H2,1-2H3,(H,22,26)(H,23,24). The van der Waals surface area contributed by atoms with Gasteiger partial charge in [0.2, 0.25) is 5.91 Å². The topological polar surface area (TPSA) is 74.3 Å². The molecule has 1 fully saturated rings. The molecule has 1 saturated heterocycles. The molecule has 3 rings (SSSR count). The van der Waals surface area contributed by atoms with E-state index in [9.17, 15) is 9.59 Å². The molecule has 6 nitrogen and oxygen atoms in total. The molecule has 1 aliphatic heterocycles. The molecule has 2 aromatic rings. The maximum atomic E-state index is 13.0. The monoisotopic (exact) mass is 420 g/mol. The summed E-state index contributed by atoms with van der Waals surface area (Å²) in [6.07, 6.45) is 2.53. The molecule has 1 aromatic carbocycles. The summed E-state index contributed by atoms with van der Waals surface area (Å²) in [4.78, 5) is 31.7. The first-order chi connectivity index (χ1) is 13.5. The highest BCUT2D eigenvalue weighted by molar-refractivity contribution is 7.14. The number of thiazole rings is 1. The van der Waals surface area contributed by atoms with Crippen LogP contribution >= 0.6 is 22.9 Å². The summed E-state index contributed by atoms with van der Waals surface area (Å²) in [5.41, 5.74) is 1.09. The predicted octanol–water partition coefficient (Wildman–Crippen LogP) is 4.31. The third-order valence-electron chi connectivity index (χ3n) is 4.59. The van der Waals surface area contributed by atoms with Crippen LogP contribution in [0, 0.1) is 5.92 Å². The number of rotatable bonds is 6. The zero-order chi connectivity index (χ0) is 20.1. The van der Waals surface area contributed by atoms with Crippen LogP contribution in [0.5, 0.6) is 0 Å². The Morgan fingerprint density at radius 3 is 2.86 bits per heavy atom. The lowest BCUT2D eigenvalue weighted by molar-refractivity contribution is -0.126. The van der Waals surface area contributed by atoms with Crippen molar-refractivity contribution in [2.75, 3.05) is 18.4 Å². The van der Waals surface area contributed by atoms with Crippen molar-refractivity contribution >= 4 is 45.6 Å². The smallest absolute Gasteiger partial charge is 0.274 e. The van der Waals surface area contributed by atoms with Gasteiger partial charge in [0.15, 0.2) is 5.13 Å². The zero-order valence-corrected chi connectivity index (χ0v) is 17.6. The third-order valence-corrected chi connectivity index (χ3v) is 5.68. The number of halogens is 1. The summed E-state index contributed by atoms with van der Waals surface area (Å²) >= 11 is 7.51. The Morgan fingerprint density at radius 2 is 2.11 bits per heavy atom. The highest BCUT2D eigenvalue weighted by Gasteiger charge is 2.33. The molecule has 2 amide bonds. The van der Waals surface area contributed by atoms with Gasteiger partial charge in [-0.3, -0.25) is 9.59 Å². The number of hydrogen-bond acceptors (Lipinski definition) is 5. The number of carbonyl (C=O) groups is 2. The summed E-state index contributed by atoms with van der Waals surface area (Å²) in [5, 5.41) is 9.00. The molecule has 0 saturated carbocycles. The van der Waals surface area contributed by atoms with Crippen LogP contribution in [0.2, 0.25) is 5.02 Å². The Kier molecular flexibility index (Phi) is 6.91. The molecule has 0 bridgehead atoms. The number of benzene rings is 1. The first-order valence-electron chi connectivity index (χ1n) is 9.51. The Labute approximate surface area is 174 Å². The van der Waals surface area contributed by atoms with E-state index >= 15 is 0 Å². The van der Waals surface area contributed by atoms with Crippen LogP contribution in [0.3, 0.4) is 0 Å². The van der Waals surface area contributed by atoms with Crippen LogP contribution in [0.4, 0.5) is 10.8 Å². The SMILES string of the molecule is CC(C)CNC(=O)C1CCCCN1C(=O)c1csc(Nc2ccccc2Cl)n1. The Balaban J connectivity index is 1.70. The molecule has 8 heteroatoms. The third kappa shape index (κ3) is 5.02. The molecule has 150 valence electrons. The van der Waals surface area contributed by atoms with Gasteiger partial charge in [0.1, 0.15) is 11.7 Å².